The average Bonchev–Trinajstić information content (AvgIpc) is 2.81. The van der Waals surface area contributed by atoms with Gasteiger partial charge in [0, 0.05) is 12.4 Å². The Bertz CT molecular complexity index is 547. The third-order valence-electron chi connectivity index (χ3n) is 3.51. The average molecular weight is 287 g/mol. The number of aromatic nitrogens is 1. The lowest BCUT2D eigenvalue weighted by Gasteiger charge is -2.17. The molecular formula is C15H17N3OS. The summed E-state index contributed by atoms with van der Waals surface area (Å²) in [6.07, 6.45) is 11.4. The van der Waals surface area contributed by atoms with Crippen LogP contribution >= 0.6 is 11.8 Å². The molecule has 1 aliphatic heterocycles. The number of hydrogen-bond donors (Lipinski definition) is 1. The molecule has 1 amide bonds. The zero-order valence-electron chi connectivity index (χ0n) is 11.2. The quantitative estimate of drug-likeness (QED) is 0.851. The maximum absolute atomic E-state index is 11.9. The number of thioether (sulfide) groups is 1. The summed E-state index contributed by atoms with van der Waals surface area (Å²) in [5, 5.41) is 3.60. The van der Waals surface area contributed by atoms with Gasteiger partial charge in [0.15, 0.2) is 5.17 Å². The number of rotatable bonds is 2. The minimum Gasteiger partial charge on any atom is -0.301 e. The van der Waals surface area contributed by atoms with Crippen LogP contribution in [0.15, 0.2) is 34.4 Å². The van der Waals surface area contributed by atoms with Crippen molar-refractivity contribution in [1.82, 2.24) is 10.3 Å². The third kappa shape index (κ3) is 3.28. The maximum Gasteiger partial charge on any atom is 0.264 e. The molecule has 2 fully saturated rings. The summed E-state index contributed by atoms with van der Waals surface area (Å²) < 4.78 is 0. The van der Waals surface area contributed by atoms with Crippen LogP contribution in [0, 0.1) is 0 Å². The molecule has 104 valence electrons. The maximum atomic E-state index is 11.9. The minimum absolute atomic E-state index is 0.0617. The molecule has 0 aromatic carbocycles. The van der Waals surface area contributed by atoms with Crippen molar-refractivity contribution in [2.75, 3.05) is 0 Å². The SMILES string of the molecule is O=C1NC(=NC2CCCCC2)SC1=Cc1cccnc1. The van der Waals surface area contributed by atoms with Gasteiger partial charge in [-0.15, -0.1) is 0 Å². The molecule has 1 aliphatic carbocycles. The lowest BCUT2D eigenvalue weighted by molar-refractivity contribution is -0.115. The van der Waals surface area contributed by atoms with Crippen LogP contribution in [-0.4, -0.2) is 22.1 Å². The Morgan fingerprint density at radius 2 is 2.20 bits per heavy atom. The second-order valence-corrected chi connectivity index (χ2v) is 6.11. The fourth-order valence-electron chi connectivity index (χ4n) is 2.48. The van der Waals surface area contributed by atoms with Crippen molar-refractivity contribution in [3.05, 3.63) is 35.0 Å². The molecular weight excluding hydrogens is 270 g/mol. The van der Waals surface area contributed by atoms with Gasteiger partial charge < -0.3 is 5.32 Å². The van der Waals surface area contributed by atoms with E-state index in [1.165, 1.54) is 31.0 Å². The second kappa shape index (κ2) is 6.22. The Kier molecular flexibility index (Phi) is 4.16. The van der Waals surface area contributed by atoms with E-state index in [2.05, 4.69) is 15.3 Å². The van der Waals surface area contributed by atoms with Crippen molar-refractivity contribution in [1.29, 1.82) is 0 Å². The largest absolute Gasteiger partial charge is 0.301 e. The molecule has 3 rings (SSSR count). The monoisotopic (exact) mass is 287 g/mol. The topological polar surface area (TPSA) is 54.4 Å². The first-order valence-corrected chi connectivity index (χ1v) is 7.81. The van der Waals surface area contributed by atoms with Gasteiger partial charge in [-0.05, 0) is 42.3 Å². The summed E-state index contributed by atoms with van der Waals surface area (Å²) >= 11 is 1.43. The number of pyridine rings is 1. The van der Waals surface area contributed by atoms with E-state index in [1.54, 1.807) is 12.4 Å². The van der Waals surface area contributed by atoms with Crippen LogP contribution in [0.25, 0.3) is 6.08 Å². The third-order valence-corrected chi connectivity index (χ3v) is 4.43. The molecule has 1 saturated carbocycles. The van der Waals surface area contributed by atoms with E-state index in [1.807, 2.05) is 18.2 Å². The highest BCUT2D eigenvalue weighted by molar-refractivity contribution is 8.18. The highest BCUT2D eigenvalue weighted by Gasteiger charge is 2.25. The summed E-state index contributed by atoms with van der Waals surface area (Å²) in [7, 11) is 0. The highest BCUT2D eigenvalue weighted by Crippen LogP contribution is 2.28. The molecule has 0 spiro atoms. The second-order valence-electron chi connectivity index (χ2n) is 5.08. The predicted octanol–water partition coefficient (Wildman–Crippen LogP) is 2.97. The number of nitrogens with zero attached hydrogens (tertiary/aromatic N) is 2. The van der Waals surface area contributed by atoms with Gasteiger partial charge in [-0.3, -0.25) is 14.8 Å². The van der Waals surface area contributed by atoms with Crippen LogP contribution in [0.2, 0.25) is 0 Å². The molecule has 2 aliphatic rings. The van der Waals surface area contributed by atoms with E-state index in [9.17, 15) is 4.79 Å². The summed E-state index contributed by atoms with van der Waals surface area (Å²) in [5.41, 5.74) is 0.934. The zero-order valence-corrected chi connectivity index (χ0v) is 12.0. The first kappa shape index (κ1) is 13.4. The molecule has 0 bridgehead atoms. The van der Waals surface area contributed by atoms with Crippen LogP contribution < -0.4 is 5.32 Å². The number of carbonyl (C=O) groups is 1. The summed E-state index contributed by atoms with van der Waals surface area (Å²) in [4.78, 5) is 21.3. The number of aliphatic imine (C=N–C) groups is 1. The Morgan fingerprint density at radius 3 is 2.95 bits per heavy atom. The molecule has 1 aromatic rings. The minimum atomic E-state index is -0.0617. The number of carbonyl (C=O) groups excluding carboxylic acids is 1. The highest BCUT2D eigenvalue weighted by atomic mass is 32.2. The predicted molar refractivity (Wildman–Crippen MR) is 82.3 cm³/mol. The van der Waals surface area contributed by atoms with E-state index in [0.29, 0.717) is 10.9 Å². The van der Waals surface area contributed by atoms with E-state index in [-0.39, 0.29) is 5.91 Å². The van der Waals surface area contributed by atoms with Gasteiger partial charge in [0.2, 0.25) is 0 Å². The first-order chi connectivity index (χ1) is 9.81. The molecule has 0 radical (unpaired) electrons. The molecule has 4 nitrogen and oxygen atoms in total. The normalized spacial score (nSPS) is 24.3. The van der Waals surface area contributed by atoms with Crippen molar-refractivity contribution in [2.24, 2.45) is 4.99 Å². The van der Waals surface area contributed by atoms with Crippen molar-refractivity contribution in [3.63, 3.8) is 0 Å². The lowest BCUT2D eigenvalue weighted by Crippen LogP contribution is -2.22. The molecule has 0 atom stereocenters. The number of nitrogens with one attached hydrogen (secondary N) is 1. The van der Waals surface area contributed by atoms with Crippen LogP contribution in [-0.2, 0) is 4.79 Å². The Morgan fingerprint density at radius 1 is 1.35 bits per heavy atom. The van der Waals surface area contributed by atoms with Gasteiger partial charge in [-0.2, -0.15) is 0 Å². The standard InChI is InChI=1S/C15H17N3OS/c19-14-13(9-11-5-4-8-16-10-11)20-15(18-14)17-12-6-2-1-3-7-12/h4-5,8-10,12H,1-3,6-7H2,(H,17,18,19). The van der Waals surface area contributed by atoms with Gasteiger partial charge in [0.25, 0.3) is 5.91 Å². The number of amides is 1. The van der Waals surface area contributed by atoms with Crippen LogP contribution in [0.3, 0.4) is 0 Å². The van der Waals surface area contributed by atoms with E-state index in [0.717, 1.165) is 23.6 Å². The van der Waals surface area contributed by atoms with Gasteiger partial charge in [-0.25, -0.2) is 0 Å². The molecule has 0 unspecified atom stereocenters. The number of amidine groups is 1. The van der Waals surface area contributed by atoms with E-state index in [4.69, 9.17) is 0 Å². The number of hydrogen-bond acceptors (Lipinski definition) is 4. The summed E-state index contributed by atoms with van der Waals surface area (Å²) in [5.74, 6) is -0.0617. The molecule has 1 aromatic heterocycles. The molecule has 1 saturated heterocycles. The molecule has 5 heteroatoms. The molecule has 2 heterocycles. The summed E-state index contributed by atoms with van der Waals surface area (Å²) in [6.45, 7) is 0. The van der Waals surface area contributed by atoms with Crippen LogP contribution in [0.4, 0.5) is 0 Å². The van der Waals surface area contributed by atoms with Crippen molar-refractivity contribution >= 4 is 28.9 Å². The fourth-order valence-corrected chi connectivity index (χ4v) is 3.37. The van der Waals surface area contributed by atoms with Gasteiger partial charge >= 0.3 is 0 Å². The van der Waals surface area contributed by atoms with Gasteiger partial charge in [-0.1, -0.05) is 25.3 Å². The van der Waals surface area contributed by atoms with E-state index >= 15 is 0 Å². The van der Waals surface area contributed by atoms with Crippen LogP contribution in [0.1, 0.15) is 37.7 Å². The van der Waals surface area contributed by atoms with Gasteiger partial charge in [0.1, 0.15) is 0 Å². The fraction of sp³-hybridized carbons (Fsp3) is 0.400. The van der Waals surface area contributed by atoms with E-state index < -0.39 is 0 Å². The first-order valence-electron chi connectivity index (χ1n) is 7.00. The molecule has 1 N–H and O–H groups in total. The zero-order chi connectivity index (χ0) is 13.8. The summed E-state index contributed by atoms with van der Waals surface area (Å²) in [6, 6.07) is 4.18. The Labute approximate surface area is 122 Å². The van der Waals surface area contributed by atoms with Gasteiger partial charge in [0.05, 0.1) is 10.9 Å². The van der Waals surface area contributed by atoms with Crippen LogP contribution in [0.5, 0.6) is 0 Å². The van der Waals surface area contributed by atoms with Crippen molar-refractivity contribution < 1.29 is 4.79 Å². The Hall–Kier alpha value is -1.62. The van der Waals surface area contributed by atoms with Crippen molar-refractivity contribution in [2.45, 2.75) is 38.1 Å². The smallest absolute Gasteiger partial charge is 0.264 e. The van der Waals surface area contributed by atoms with Crippen molar-refractivity contribution in [3.8, 4) is 0 Å². The lowest BCUT2D eigenvalue weighted by atomic mass is 9.96. The molecule has 20 heavy (non-hydrogen) atoms. The Balaban J connectivity index is 1.72.